The van der Waals surface area contributed by atoms with Gasteiger partial charge in [-0.1, -0.05) is 18.2 Å². The van der Waals surface area contributed by atoms with Gasteiger partial charge in [0.25, 0.3) is 0 Å². The molecule has 0 saturated carbocycles. The average Bonchev–Trinajstić information content (AvgIpc) is 2.61. The zero-order valence-electron chi connectivity index (χ0n) is 14.0. The van der Waals surface area contributed by atoms with Crippen molar-refractivity contribution in [3.8, 4) is 11.5 Å². The first-order chi connectivity index (χ1) is 11.7. The monoisotopic (exact) mass is 345 g/mol. The van der Waals surface area contributed by atoms with E-state index in [0.717, 1.165) is 17.3 Å². The molecule has 128 valence electrons. The summed E-state index contributed by atoms with van der Waals surface area (Å²) in [5, 5.41) is 2.96. The lowest BCUT2D eigenvalue weighted by atomic mass is 10.3. The van der Waals surface area contributed by atoms with E-state index in [1.807, 2.05) is 61.5 Å². The summed E-state index contributed by atoms with van der Waals surface area (Å²) < 4.78 is 10.8. The maximum atomic E-state index is 11.9. The fraction of sp³-hybridized carbons (Fsp3) is 0.316. The second-order valence-electron chi connectivity index (χ2n) is 5.37. The number of carbonyl (C=O) groups is 1. The molecule has 1 N–H and O–H groups in total. The normalized spacial score (nSPS) is 11.6. The third-order valence-corrected chi connectivity index (χ3v) is 4.32. The van der Waals surface area contributed by atoms with Crippen molar-refractivity contribution in [2.45, 2.75) is 24.3 Å². The fourth-order valence-electron chi connectivity index (χ4n) is 2.06. The van der Waals surface area contributed by atoms with Crippen molar-refractivity contribution in [3.05, 3.63) is 54.6 Å². The number of nitrogens with one attached hydrogen (secondary N) is 1. The number of hydrogen-bond acceptors (Lipinski definition) is 4. The summed E-state index contributed by atoms with van der Waals surface area (Å²) in [7, 11) is 1.63. The van der Waals surface area contributed by atoms with Crippen LogP contribution in [-0.4, -0.2) is 31.4 Å². The van der Waals surface area contributed by atoms with E-state index in [-0.39, 0.29) is 11.9 Å². The summed E-state index contributed by atoms with van der Waals surface area (Å²) in [6.07, 6.45) is 0.492. The van der Waals surface area contributed by atoms with Crippen molar-refractivity contribution < 1.29 is 14.3 Å². The highest BCUT2D eigenvalue weighted by molar-refractivity contribution is 7.99. The molecular formula is C19H23NO3S. The van der Waals surface area contributed by atoms with Crippen molar-refractivity contribution in [2.75, 3.05) is 19.5 Å². The summed E-state index contributed by atoms with van der Waals surface area (Å²) in [5.41, 5.74) is 0. The van der Waals surface area contributed by atoms with Crippen molar-refractivity contribution in [3.63, 3.8) is 0 Å². The van der Waals surface area contributed by atoms with E-state index in [9.17, 15) is 4.79 Å². The number of benzene rings is 2. The molecule has 0 fully saturated rings. The van der Waals surface area contributed by atoms with Crippen LogP contribution in [0.4, 0.5) is 0 Å². The third kappa shape index (κ3) is 6.54. The van der Waals surface area contributed by atoms with Crippen LogP contribution in [0.5, 0.6) is 11.5 Å². The van der Waals surface area contributed by atoms with Gasteiger partial charge in [-0.15, -0.1) is 11.8 Å². The van der Waals surface area contributed by atoms with Crippen molar-refractivity contribution in [1.82, 2.24) is 5.32 Å². The Morgan fingerprint density at radius 1 is 1.08 bits per heavy atom. The molecular weight excluding hydrogens is 322 g/mol. The molecule has 0 aliphatic rings. The summed E-state index contributed by atoms with van der Waals surface area (Å²) in [6, 6.07) is 17.4. The maximum absolute atomic E-state index is 11.9. The minimum Gasteiger partial charge on any atom is -0.497 e. The van der Waals surface area contributed by atoms with E-state index in [1.165, 1.54) is 4.90 Å². The predicted molar refractivity (Wildman–Crippen MR) is 97.9 cm³/mol. The largest absolute Gasteiger partial charge is 0.497 e. The molecule has 0 radical (unpaired) electrons. The van der Waals surface area contributed by atoms with Crippen LogP contribution in [0.15, 0.2) is 59.5 Å². The van der Waals surface area contributed by atoms with Crippen molar-refractivity contribution >= 4 is 17.7 Å². The fourth-order valence-corrected chi connectivity index (χ4v) is 2.93. The van der Waals surface area contributed by atoms with Gasteiger partial charge >= 0.3 is 0 Å². The van der Waals surface area contributed by atoms with E-state index in [1.54, 1.807) is 18.9 Å². The smallest absolute Gasteiger partial charge is 0.221 e. The number of carbonyl (C=O) groups excluding carboxylic acids is 1. The van der Waals surface area contributed by atoms with Gasteiger partial charge in [-0.25, -0.2) is 0 Å². The highest BCUT2D eigenvalue weighted by atomic mass is 32.2. The molecule has 2 aromatic carbocycles. The number of rotatable bonds is 9. The SMILES string of the molecule is COc1ccc(OCC(C)NC(=O)CCSc2ccccc2)cc1. The summed E-state index contributed by atoms with van der Waals surface area (Å²) in [5.74, 6) is 2.36. The van der Waals surface area contributed by atoms with Gasteiger partial charge in [-0.3, -0.25) is 4.79 Å². The average molecular weight is 345 g/mol. The molecule has 0 aliphatic heterocycles. The van der Waals surface area contributed by atoms with Crippen LogP contribution in [0.25, 0.3) is 0 Å². The predicted octanol–water partition coefficient (Wildman–Crippen LogP) is 3.76. The Kier molecular flexibility index (Phi) is 7.49. The summed E-state index contributed by atoms with van der Waals surface area (Å²) in [4.78, 5) is 13.1. The number of thioether (sulfide) groups is 1. The topological polar surface area (TPSA) is 47.6 Å². The number of amides is 1. The highest BCUT2D eigenvalue weighted by Crippen LogP contribution is 2.18. The van der Waals surface area contributed by atoms with Crippen LogP contribution in [0, 0.1) is 0 Å². The van der Waals surface area contributed by atoms with E-state index in [4.69, 9.17) is 9.47 Å². The van der Waals surface area contributed by atoms with E-state index >= 15 is 0 Å². The Morgan fingerprint density at radius 3 is 2.42 bits per heavy atom. The van der Waals surface area contributed by atoms with Gasteiger partial charge in [0, 0.05) is 17.1 Å². The molecule has 1 unspecified atom stereocenters. The first-order valence-corrected chi connectivity index (χ1v) is 8.90. The van der Waals surface area contributed by atoms with Crippen LogP contribution in [-0.2, 0) is 4.79 Å². The molecule has 1 amide bonds. The van der Waals surface area contributed by atoms with Crippen LogP contribution in [0.1, 0.15) is 13.3 Å². The lowest BCUT2D eigenvalue weighted by molar-refractivity contribution is -0.121. The molecule has 24 heavy (non-hydrogen) atoms. The van der Waals surface area contributed by atoms with Gasteiger partial charge in [0.1, 0.15) is 18.1 Å². The lowest BCUT2D eigenvalue weighted by Crippen LogP contribution is -2.36. The Morgan fingerprint density at radius 2 is 1.75 bits per heavy atom. The molecule has 4 nitrogen and oxygen atoms in total. The summed E-state index contributed by atoms with van der Waals surface area (Å²) >= 11 is 1.69. The Labute approximate surface area is 147 Å². The van der Waals surface area contributed by atoms with Crippen LogP contribution < -0.4 is 14.8 Å². The number of hydrogen-bond donors (Lipinski definition) is 1. The van der Waals surface area contributed by atoms with Crippen molar-refractivity contribution in [1.29, 1.82) is 0 Å². The minimum absolute atomic E-state index is 0.0404. The molecule has 0 saturated heterocycles. The minimum atomic E-state index is -0.0404. The molecule has 0 spiro atoms. The lowest BCUT2D eigenvalue weighted by Gasteiger charge is -2.15. The third-order valence-electron chi connectivity index (χ3n) is 3.31. The van der Waals surface area contributed by atoms with Crippen LogP contribution >= 0.6 is 11.8 Å². The molecule has 2 aromatic rings. The molecule has 0 aromatic heterocycles. The van der Waals surface area contributed by atoms with Gasteiger partial charge in [0.15, 0.2) is 0 Å². The van der Waals surface area contributed by atoms with E-state index in [2.05, 4.69) is 5.32 Å². The second-order valence-corrected chi connectivity index (χ2v) is 6.53. The van der Waals surface area contributed by atoms with Gasteiger partial charge in [0.2, 0.25) is 5.91 Å². The molecule has 5 heteroatoms. The van der Waals surface area contributed by atoms with Gasteiger partial charge < -0.3 is 14.8 Å². The number of methoxy groups -OCH3 is 1. The van der Waals surface area contributed by atoms with Crippen LogP contribution in [0.2, 0.25) is 0 Å². The zero-order chi connectivity index (χ0) is 17.2. The molecule has 0 bridgehead atoms. The van der Waals surface area contributed by atoms with E-state index in [0.29, 0.717) is 13.0 Å². The zero-order valence-corrected chi connectivity index (χ0v) is 14.8. The number of ether oxygens (including phenoxy) is 2. The highest BCUT2D eigenvalue weighted by Gasteiger charge is 2.08. The Balaban J connectivity index is 1.63. The maximum Gasteiger partial charge on any atom is 0.221 e. The summed E-state index contributed by atoms with van der Waals surface area (Å²) in [6.45, 7) is 2.37. The molecule has 2 rings (SSSR count). The van der Waals surface area contributed by atoms with E-state index < -0.39 is 0 Å². The first-order valence-electron chi connectivity index (χ1n) is 7.91. The van der Waals surface area contributed by atoms with Gasteiger partial charge in [0.05, 0.1) is 13.2 Å². The molecule has 0 heterocycles. The van der Waals surface area contributed by atoms with Gasteiger partial charge in [-0.2, -0.15) is 0 Å². The Hall–Kier alpha value is -2.14. The Bertz CT molecular complexity index is 616. The van der Waals surface area contributed by atoms with Crippen molar-refractivity contribution in [2.24, 2.45) is 0 Å². The quantitative estimate of drug-likeness (QED) is 0.703. The molecule has 0 aliphatic carbocycles. The molecule has 1 atom stereocenters. The second kappa shape index (κ2) is 9.88. The van der Waals surface area contributed by atoms with Gasteiger partial charge in [-0.05, 0) is 43.3 Å². The standard InChI is InChI=1S/C19H23NO3S/c1-15(14-23-17-10-8-16(22-2)9-11-17)20-19(21)12-13-24-18-6-4-3-5-7-18/h3-11,15H,12-14H2,1-2H3,(H,20,21). The first kappa shape index (κ1) is 18.2. The van der Waals surface area contributed by atoms with Crippen LogP contribution in [0.3, 0.4) is 0 Å².